The molecule has 0 saturated heterocycles. The normalized spacial score (nSPS) is 15.9. The van der Waals surface area contributed by atoms with Gasteiger partial charge in [-0.05, 0) is 25.3 Å². The summed E-state index contributed by atoms with van der Waals surface area (Å²) in [7, 11) is 0. The van der Waals surface area contributed by atoms with Crippen LogP contribution in [0.25, 0.3) is 0 Å². The van der Waals surface area contributed by atoms with Crippen LogP contribution >= 0.6 is 0 Å². The van der Waals surface area contributed by atoms with E-state index in [4.69, 9.17) is 0 Å². The molecule has 0 aromatic carbocycles. The minimum absolute atomic E-state index is 0.186. The summed E-state index contributed by atoms with van der Waals surface area (Å²) >= 11 is 0. The maximum absolute atomic E-state index is 12.8. The molecule has 0 aliphatic carbocycles. The topological polar surface area (TPSA) is 12.0 Å². The highest BCUT2D eigenvalue weighted by atomic mass is 19.4. The Bertz CT molecular complexity index is 180. The van der Waals surface area contributed by atoms with Crippen molar-refractivity contribution in [3.63, 3.8) is 0 Å². The molecule has 0 aromatic heterocycles. The summed E-state index contributed by atoms with van der Waals surface area (Å²) < 4.78 is 38.4. The van der Waals surface area contributed by atoms with Gasteiger partial charge in [0.05, 0.1) is 0 Å². The summed E-state index contributed by atoms with van der Waals surface area (Å²) in [6.07, 6.45) is 0.660. The van der Waals surface area contributed by atoms with Crippen molar-refractivity contribution in [3.05, 3.63) is 0 Å². The van der Waals surface area contributed by atoms with Crippen LogP contribution in [0.4, 0.5) is 13.2 Å². The largest absolute Gasteiger partial charge is 0.403 e. The number of hydrogen-bond acceptors (Lipinski definition) is 1. The second kappa shape index (κ2) is 8.78. The number of unbranched alkanes of at least 4 members (excludes halogenated alkanes) is 1. The molecular formula is C13H26F3N. The fraction of sp³-hybridized carbons (Fsp3) is 1.00. The van der Waals surface area contributed by atoms with E-state index in [2.05, 4.69) is 12.2 Å². The number of rotatable bonds is 9. The minimum atomic E-state index is -4.12. The van der Waals surface area contributed by atoms with Crippen LogP contribution in [0, 0.1) is 5.92 Å². The third kappa shape index (κ3) is 7.63. The molecule has 0 fully saturated rings. The summed E-state index contributed by atoms with van der Waals surface area (Å²) in [6.45, 7) is 6.38. The molecule has 2 unspecified atom stereocenters. The Morgan fingerprint density at radius 2 is 1.71 bits per heavy atom. The van der Waals surface area contributed by atoms with Crippen molar-refractivity contribution in [2.24, 2.45) is 5.92 Å². The summed E-state index contributed by atoms with van der Waals surface area (Å²) in [6, 6.07) is -1.33. The second-order valence-electron chi connectivity index (χ2n) is 4.70. The quantitative estimate of drug-likeness (QED) is 0.637. The third-order valence-electron chi connectivity index (χ3n) is 3.15. The Morgan fingerprint density at radius 1 is 1.06 bits per heavy atom. The van der Waals surface area contributed by atoms with Gasteiger partial charge in [-0.1, -0.05) is 46.5 Å². The molecule has 0 amide bonds. The smallest absolute Gasteiger partial charge is 0.306 e. The fourth-order valence-corrected chi connectivity index (χ4v) is 1.97. The summed E-state index contributed by atoms with van der Waals surface area (Å²) in [5, 5.41) is 2.63. The maximum atomic E-state index is 12.8. The first-order valence-corrected chi connectivity index (χ1v) is 6.75. The van der Waals surface area contributed by atoms with Crippen LogP contribution < -0.4 is 5.32 Å². The van der Waals surface area contributed by atoms with E-state index in [1.54, 1.807) is 0 Å². The predicted molar refractivity (Wildman–Crippen MR) is 66.1 cm³/mol. The number of hydrogen-bond donors (Lipinski definition) is 1. The van der Waals surface area contributed by atoms with E-state index in [0.717, 1.165) is 32.1 Å². The van der Waals surface area contributed by atoms with Crippen LogP contribution in [0.5, 0.6) is 0 Å². The molecule has 0 heterocycles. The van der Waals surface area contributed by atoms with Crippen molar-refractivity contribution in [2.75, 3.05) is 6.54 Å². The van der Waals surface area contributed by atoms with Crippen LogP contribution in [0.3, 0.4) is 0 Å². The van der Waals surface area contributed by atoms with Gasteiger partial charge in [0.25, 0.3) is 0 Å². The number of halogens is 3. The molecular weight excluding hydrogens is 227 g/mol. The van der Waals surface area contributed by atoms with Crippen molar-refractivity contribution in [3.8, 4) is 0 Å². The van der Waals surface area contributed by atoms with Gasteiger partial charge in [0.1, 0.15) is 6.04 Å². The minimum Gasteiger partial charge on any atom is -0.306 e. The summed E-state index contributed by atoms with van der Waals surface area (Å²) in [5.74, 6) is 0.186. The second-order valence-corrected chi connectivity index (χ2v) is 4.70. The zero-order valence-electron chi connectivity index (χ0n) is 11.2. The maximum Gasteiger partial charge on any atom is 0.403 e. The predicted octanol–water partition coefficient (Wildman–Crippen LogP) is 4.52. The molecule has 1 N–H and O–H groups in total. The van der Waals surface area contributed by atoms with Crippen LogP contribution in [0.2, 0.25) is 0 Å². The van der Waals surface area contributed by atoms with Crippen LogP contribution in [0.15, 0.2) is 0 Å². The van der Waals surface area contributed by atoms with E-state index in [1.165, 1.54) is 0 Å². The van der Waals surface area contributed by atoms with Crippen molar-refractivity contribution >= 4 is 0 Å². The van der Waals surface area contributed by atoms with E-state index in [0.29, 0.717) is 6.54 Å². The van der Waals surface area contributed by atoms with Gasteiger partial charge in [-0.3, -0.25) is 0 Å². The highest BCUT2D eigenvalue weighted by Crippen LogP contribution is 2.28. The molecule has 0 aromatic rings. The van der Waals surface area contributed by atoms with Crippen LogP contribution in [0.1, 0.15) is 59.3 Å². The average molecular weight is 253 g/mol. The van der Waals surface area contributed by atoms with Gasteiger partial charge in [-0.15, -0.1) is 0 Å². The fourth-order valence-electron chi connectivity index (χ4n) is 1.97. The van der Waals surface area contributed by atoms with Crippen molar-refractivity contribution in [1.82, 2.24) is 5.32 Å². The highest BCUT2D eigenvalue weighted by Gasteiger charge is 2.39. The van der Waals surface area contributed by atoms with Gasteiger partial charge in [0.2, 0.25) is 0 Å². The van der Waals surface area contributed by atoms with E-state index in [1.807, 2.05) is 13.8 Å². The van der Waals surface area contributed by atoms with Crippen molar-refractivity contribution in [2.45, 2.75) is 71.5 Å². The Morgan fingerprint density at radius 3 is 2.12 bits per heavy atom. The van der Waals surface area contributed by atoms with Gasteiger partial charge in [0, 0.05) is 0 Å². The van der Waals surface area contributed by atoms with E-state index in [9.17, 15) is 13.2 Å². The highest BCUT2D eigenvalue weighted by molar-refractivity contribution is 4.78. The molecule has 0 radical (unpaired) electrons. The van der Waals surface area contributed by atoms with E-state index < -0.39 is 12.2 Å². The zero-order chi connectivity index (χ0) is 13.3. The van der Waals surface area contributed by atoms with Crippen molar-refractivity contribution in [1.29, 1.82) is 0 Å². The van der Waals surface area contributed by atoms with E-state index >= 15 is 0 Å². The Balaban J connectivity index is 4.27. The molecule has 0 bridgehead atoms. The first-order valence-electron chi connectivity index (χ1n) is 6.75. The molecule has 0 spiro atoms. The lowest BCUT2D eigenvalue weighted by Crippen LogP contribution is -2.43. The average Bonchev–Trinajstić information content (AvgIpc) is 2.26. The van der Waals surface area contributed by atoms with E-state index in [-0.39, 0.29) is 12.3 Å². The van der Waals surface area contributed by atoms with Gasteiger partial charge in [0.15, 0.2) is 0 Å². The van der Waals surface area contributed by atoms with Crippen LogP contribution in [-0.2, 0) is 0 Å². The molecule has 0 rings (SSSR count). The zero-order valence-corrected chi connectivity index (χ0v) is 11.2. The van der Waals surface area contributed by atoms with Gasteiger partial charge >= 0.3 is 6.18 Å². The molecule has 2 atom stereocenters. The molecule has 1 nitrogen and oxygen atoms in total. The lowest BCUT2D eigenvalue weighted by Gasteiger charge is -2.25. The van der Waals surface area contributed by atoms with Gasteiger partial charge < -0.3 is 5.32 Å². The lowest BCUT2D eigenvalue weighted by atomic mass is 9.92. The molecule has 0 aliphatic rings. The Labute approximate surface area is 103 Å². The number of alkyl halides is 3. The molecule has 4 heteroatoms. The van der Waals surface area contributed by atoms with Gasteiger partial charge in [-0.25, -0.2) is 0 Å². The molecule has 104 valence electrons. The van der Waals surface area contributed by atoms with Gasteiger partial charge in [-0.2, -0.15) is 13.2 Å². The lowest BCUT2D eigenvalue weighted by molar-refractivity contribution is -0.159. The molecule has 0 aliphatic heterocycles. The SMILES string of the molecule is CCCCC(CC)CC(NCCC)C(F)(F)F. The standard InChI is InChI=1S/C13H26F3N/c1-4-7-8-11(6-3)10-12(13(14,15)16)17-9-5-2/h11-12,17H,4-10H2,1-3H3. The van der Waals surface area contributed by atoms with Crippen LogP contribution in [-0.4, -0.2) is 18.8 Å². The summed E-state index contributed by atoms with van der Waals surface area (Å²) in [5.41, 5.74) is 0. The molecule has 17 heavy (non-hydrogen) atoms. The number of nitrogens with one attached hydrogen (secondary N) is 1. The monoisotopic (exact) mass is 253 g/mol. The Hall–Kier alpha value is -0.250. The summed E-state index contributed by atoms with van der Waals surface area (Å²) in [4.78, 5) is 0. The first-order chi connectivity index (χ1) is 7.95. The molecule has 0 saturated carbocycles. The first kappa shape index (κ1) is 16.8. The Kier molecular flexibility index (Phi) is 8.66. The third-order valence-corrected chi connectivity index (χ3v) is 3.15. The van der Waals surface area contributed by atoms with Crippen molar-refractivity contribution < 1.29 is 13.2 Å².